The fourth-order valence-corrected chi connectivity index (χ4v) is 10.3. The Morgan fingerprint density at radius 1 is 0.652 bits per heavy atom. The fraction of sp³-hybridized carbons (Fsp3) is 0.250. The maximum absolute atomic E-state index is 9.48. The van der Waals surface area contributed by atoms with Crippen LogP contribution in [0.5, 0.6) is 11.5 Å². The van der Waals surface area contributed by atoms with E-state index in [9.17, 15) is 2.74 Å². The van der Waals surface area contributed by atoms with Gasteiger partial charge in [-0.25, -0.2) is 0 Å². The summed E-state index contributed by atoms with van der Waals surface area (Å²) in [6, 6.07) is 40.7. The van der Waals surface area contributed by atoms with Crippen molar-refractivity contribution in [2.24, 2.45) is 0 Å². The molecule has 0 spiro atoms. The van der Waals surface area contributed by atoms with Crippen LogP contribution in [0.15, 0.2) is 146 Å². The molecule has 10 rings (SSSR count). The Kier molecular flexibility index (Phi) is 10.2. The number of nitrogens with zero attached hydrogens (tertiary/aromatic N) is 6. The number of fused-ring (bicyclic) bond motifs is 4. The molecule has 7 nitrogen and oxygen atoms in total. The van der Waals surface area contributed by atoms with E-state index in [1.54, 1.807) is 0 Å². The minimum absolute atomic E-state index is 0.131. The van der Waals surface area contributed by atoms with Crippen molar-refractivity contribution in [2.75, 3.05) is 4.81 Å². The molecular weight excluding hydrogens is 1030 g/mol. The Hall–Kier alpha value is -6.50. The Balaban J connectivity index is 1.21. The fourth-order valence-electron chi connectivity index (χ4n) is 9.27. The average Bonchev–Trinajstić information content (AvgIpc) is 3.98. The topological polar surface area (TPSA) is 53.0 Å². The number of imidazole rings is 1. The first kappa shape index (κ1) is 40.4. The Labute approximate surface area is 426 Å². The summed E-state index contributed by atoms with van der Waals surface area (Å²) in [5.74, 6) is 1.79. The van der Waals surface area contributed by atoms with Gasteiger partial charge in [-0.05, 0) is 18.6 Å². The third-order valence-corrected chi connectivity index (χ3v) is 14.1. The first-order valence-electron chi connectivity index (χ1n) is 26.1. The molecule has 4 heterocycles. The predicted octanol–water partition coefficient (Wildman–Crippen LogP) is 15.2. The molecule has 0 aliphatic carbocycles. The van der Waals surface area contributed by atoms with Crippen LogP contribution in [0.2, 0.25) is 6.32 Å². The monoisotopic (exact) mass is 1090 g/mol. The summed E-state index contributed by atoms with van der Waals surface area (Å²) in [6.07, 6.45) is 4.44. The van der Waals surface area contributed by atoms with E-state index in [-0.39, 0.29) is 47.5 Å². The van der Waals surface area contributed by atoms with Crippen LogP contribution in [0.1, 0.15) is 98.3 Å². The van der Waals surface area contributed by atoms with Gasteiger partial charge in [0.1, 0.15) is 0 Å². The van der Waals surface area contributed by atoms with E-state index in [0.717, 1.165) is 77.3 Å². The van der Waals surface area contributed by atoms with Gasteiger partial charge in [-0.3, -0.25) is 0 Å². The van der Waals surface area contributed by atoms with Gasteiger partial charge in [0.25, 0.3) is 0 Å². The molecule has 0 saturated carbocycles. The number of benzene rings is 6. The second kappa shape index (κ2) is 17.5. The van der Waals surface area contributed by atoms with Gasteiger partial charge in [0.2, 0.25) is 0 Å². The number of anilines is 2. The van der Waals surface area contributed by atoms with Crippen LogP contribution in [-0.2, 0) is 35.6 Å². The molecule has 0 radical (unpaired) electrons. The van der Waals surface area contributed by atoms with Gasteiger partial charge in [-0.2, -0.15) is 5.10 Å². The van der Waals surface area contributed by atoms with E-state index in [0.29, 0.717) is 28.4 Å². The van der Waals surface area contributed by atoms with Crippen molar-refractivity contribution in [3.63, 3.8) is 0 Å². The van der Waals surface area contributed by atoms with Crippen molar-refractivity contribution >= 4 is 29.5 Å². The van der Waals surface area contributed by atoms with Crippen molar-refractivity contribution in [3.05, 3.63) is 184 Å². The number of hydrogen-bond acceptors (Lipinski definition) is 4. The molecule has 1 aliphatic heterocycles. The first-order chi connectivity index (χ1) is 35.0. The van der Waals surface area contributed by atoms with E-state index < -0.39 is 11.5 Å². The average molecular weight is 1090 g/mol. The second-order valence-corrected chi connectivity index (χ2v) is 22.1. The molecule has 0 saturated heterocycles. The van der Waals surface area contributed by atoms with Crippen molar-refractivity contribution in [3.8, 4) is 56.4 Å². The molecule has 1 aliphatic rings. The molecule has 69 heavy (non-hydrogen) atoms. The van der Waals surface area contributed by atoms with Gasteiger partial charge in [-0.15, -0.1) is 0 Å². The summed E-state index contributed by atoms with van der Waals surface area (Å²) < 4.78 is 59.3. The van der Waals surface area contributed by atoms with Crippen LogP contribution in [0.3, 0.4) is 0 Å². The molecule has 3 aromatic heterocycles. The first-order valence-corrected chi connectivity index (χ1v) is 24.7. The number of aryl methyl sites for hydroxylation is 1. The summed E-state index contributed by atoms with van der Waals surface area (Å²) >= 11 is 2.37. The number of hydrogen-bond donors (Lipinski definition) is 0. The molecule has 0 N–H and O–H groups in total. The zero-order valence-electron chi connectivity index (χ0n) is 46.2. The van der Waals surface area contributed by atoms with Crippen molar-refractivity contribution in [1.29, 1.82) is 0 Å². The Morgan fingerprint density at radius 3 is 1.94 bits per heavy atom. The van der Waals surface area contributed by atoms with Gasteiger partial charge in [0, 0.05) is 12.4 Å². The van der Waals surface area contributed by atoms with Crippen LogP contribution >= 0.6 is 0 Å². The molecule has 0 bridgehead atoms. The van der Waals surface area contributed by atoms with Crippen LogP contribution in [0, 0.1) is 22.9 Å². The van der Waals surface area contributed by atoms with Crippen LogP contribution in [-0.4, -0.2) is 30.8 Å². The number of rotatable bonds is 8. The standard InChI is InChI=1S/C60H59BN6O.Pt/c1-12-61-66(56-31-40(2)27-29-62-56)55-38-48(25-26-49(55)52-28-30-63-67(52)61)68-47-22-18-21-46(37-47)64-39-65(54-24-17-16-23-53(54)64)57-50(41-19-14-13-15-20-41)35-45(60(9,10)11)36-51(57)42-32-43(58(3,4)5)34-44(33-42)59(6,7)8;/h13-36H,12H2,1-11H3;/q-2;/i13D,14D,15D,19D,20D;. The SMILES string of the molecule is [2H]c1c([2H])c([2H])c(-c2cc(C(C)(C)C)cc(-c3cc(C(C)(C)C)cc(C(C)(C)C)c3)c2-n2[c](=[Pt])n(-c3[c-]c(Oc4[c-]c5c(cc4)-c4ccnn4B(CC)N5c4cc(C)ccn4)ccc3)c3ccccc32)c([2H])c1[2H]. The van der Waals surface area contributed by atoms with Crippen molar-refractivity contribution in [1.82, 2.24) is 23.8 Å². The molecule has 0 unspecified atom stereocenters. The second-order valence-electron chi connectivity index (χ2n) is 21.1. The minimum atomic E-state index is -0.437. The molecule has 0 atom stereocenters. The molecule has 9 aromatic rings. The summed E-state index contributed by atoms with van der Waals surface area (Å²) in [6.45, 7) is 23.9. The molecular formula is C60H59BN6OPt-2. The van der Waals surface area contributed by atoms with E-state index in [2.05, 4.69) is 175 Å². The predicted molar refractivity (Wildman–Crippen MR) is 281 cm³/mol. The number of ether oxygens (including phenoxy) is 1. The molecule has 9 heteroatoms. The summed E-state index contributed by atoms with van der Waals surface area (Å²) in [5.41, 5.74) is 12.0. The third-order valence-electron chi connectivity index (χ3n) is 13.0. The molecule has 6 aromatic carbocycles. The number of aromatic nitrogens is 5. The van der Waals surface area contributed by atoms with E-state index in [1.165, 1.54) is 0 Å². The van der Waals surface area contributed by atoms with Crippen LogP contribution in [0.4, 0.5) is 11.5 Å². The maximum atomic E-state index is 9.48. The van der Waals surface area contributed by atoms with Crippen LogP contribution in [0.25, 0.3) is 55.9 Å². The normalized spacial score (nSPS) is 14.0. The quantitative estimate of drug-likeness (QED) is 0.112. The van der Waals surface area contributed by atoms with Crippen LogP contribution < -0.4 is 9.55 Å². The summed E-state index contributed by atoms with van der Waals surface area (Å²) in [5, 5.41) is 4.73. The Morgan fingerprint density at radius 2 is 1.29 bits per heavy atom. The summed E-state index contributed by atoms with van der Waals surface area (Å²) in [7, 11) is 0. The number of pyridine rings is 1. The van der Waals surface area contributed by atoms with E-state index >= 15 is 0 Å². The molecule has 0 amide bonds. The zero-order valence-corrected chi connectivity index (χ0v) is 43.4. The molecule has 350 valence electrons. The van der Waals surface area contributed by atoms with Gasteiger partial charge >= 0.3 is 385 Å². The van der Waals surface area contributed by atoms with Crippen molar-refractivity contribution in [2.45, 2.75) is 98.7 Å². The summed E-state index contributed by atoms with van der Waals surface area (Å²) in [4.78, 5) is 7.00. The van der Waals surface area contributed by atoms with E-state index in [1.807, 2.05) is 67.0 Å². The van der Waals surface area contributed by atoms with Crippen molar-refractivity contribution < 1.29 is 30.9 Å². The zero-order chi connectivity index (χ0) is 52.9. The molecule has 0 fully saturated rings. The van der Waals surface area contributed by atoms with Gasteiger partial charge in [0.15, 0.2) is 0 Å². The Bertz CT molecular complexity index is 3720. The van der Waals surface area contributed by atoms with Gasteiger partial charge in [0.05, 0.1) is 0 Å². The van der Waals surface area contributed by atoms with Gasteiger partial charge in [-0.1, -0.05) is 6.92 Å². The number of para-hydroxylation sites is 2. The van der Waals surface area contributed by atoms with Gasteiger partial charge < -0.3 is 0 Å². The van der Waals surface area contributed by atoms with E-state index in [4.69, 9.17) is 18.9 Å². The third kappa shape index (κ3) is 8.56.